The van der Waals surface area contributed by atoms with Gasteiger partial charge in [-0.05, 0) is 34.0 Å². The zero-order valence-electron chi connectivity index (χ0n) is 16.0. The topological polar surface area (TPSA) is 21.3 Å². The van der Waals surface area contributed by atoms with E-state index in [9.17, 15) is 0 Å². The van der Waals surface area contributed by atoms with E-state index in [2.05, 4.69) is 53.8 Å². The first-order valence-corrected chi connectivity index (χ1v) is 9.80. The maximum Gasteiger partial charge on any atom is 0.124 e. The molecular weight excluding hydrogens is 401 g/mol. The second kappa shape index (κ2) is 10.3. The SMILES string of the molecule is Cl.Clc1ccccc1CNCc1c(OCc2ccccc2)ccc2ccccc12. The van der Waals surface area contributed by atoms with E-state index in [1.807, 2.05) is 42.5 Å². The zero-order valence-corrected chi connectivity index (χ0v) is 17.5. The molecule has 0 bridgehead atoms. The van der Waals surface area contributed by atoms with Crippen molar-refractivity contribution >= 4 is 34.8 Å². The van der Waals surface area contributed by atoms with Crippen LogP contribution in [0.15, 0.2) is 91.0 Å². The van der Waals surface area contributed by atoms with Gasteiger partial charge in [-0.1, -0.05) is 90.5 Å². The Kier molecular flexibility index (Phi) is 7.54. The predicted molar refractivity (Wildman–Crippen MR) is 124 cm³/mol. The van der Waals surface area contributed by atoms with Crippen molar-refractivity contribution in [3.05, 3.63) is 113 Å². The lowest BCUT2D eigenvalue weighted by molar-refractivity contribution is 0.302. The van der Waals surface area contributed by atoms with Gasteiger partial charge in [-0.2, -0.15) is 0 Å². The molecule has 0 atom stereocenters. The summed E-state index contributed by atoms with van der Waals surface area (Å²) in [6, 6.07) is 30.8. The second-order valence-corrected chi connectivity index (χ2v) is 7.14. The lowest BCUT2D eigenvalue weighted by atomic mass is 10.0. The molecule has 148 valence electrons. The molecule has 0 fully saturated rings. The Bertz CT molecular complexity index is 1070. The van der Waals surface area contributed by atoms with Gasteiger partial charge in [-0.15, -0.1) is 12.4 Å². The Balaban J connectivity index is 0.00000240. The van der Waals surface area contributed by atoms with Crippen LogP contribution >= 0.6 is 24.0 Å². The van der Waals surface area contributed by atoms with Gasteiger partial charge in [-0.25, -0.2) is 0 Å². The summed E-state index contributed by atoms with van der Waals surface area (Å²) in [5.41, 5.74) is 3.42. The lowest BCUT2D eigenvalue weighted by Crippen LogP contribution is -2.14. The van der Waals surface area contributed by atoms with Crippen LogP contribution in [-0.4, -0.2) is 0 Å². The van der Waals surface area contributed by atoms with Gasteiger partial charge < -0.3 is 10.1 Å². The van der Waals surface area contributed by atoms with E-state index in [1.165, 1.54) is 16.3 Å². The fourth-order valence-corrected chi connectivity index (χ4v) is 3.54. The minimum atomic E-state index is 0. The van der Waals surface area contributed by atoms with Crippen LogP contribution in [0.4, 0.5) is 0 Å². The van der Waals surface area contributed by atoms with Crippen molar-refractivity contribution in [1.82, 2.24) is 5.32 Å². The normalized spacial score (nSPS) is 10.5. The molecule has 4 aromatic rings. The van der Waals surface area contributed by atoms with Crippen molar-refractivity contribution in [3.63, 3.8) is 0 Å². The van der Waals surface area contributed by atoms with Crippen LogP contribution in [0.2, 0.25) is 5.02 Å². The quantitative estimate of drug-likeness (QED) is 0.353. The van der Waals surface area contributed by atoms with E-state index in [4.69, 9.17) is 16.3 Å². The molecule has 0 spiro atoms. The Morgan fingerprint density at radius 3 is 2.28 bits per heavy atom. The summed E-state index contributed by atoms with van der Waals surface area (Å²) >= 11 is 6.29. The number of fused-ring (bicyclic) bond motifs is 1. The number of hydrogen-bond acceptors (Lipinski definition) is 2. The van der Waals surface area contributed by atoms with Crippen LogP contribution in [0.1, 0.15) is 16.7 Å². The molecule has 2 nitrogen and oxygen atoms in total. The highest BCUT2D eigenvalue weighted by atomic mass is 35.5. The van der Waals surface area contributed by atoms with Crippen molar-refractivity contribution in [2.75, 3.05) is 0 Å². The molecule has 0 heterocycles. The summed E-state index contributed by atoms with van der Waals surface area (Å²) in [5, 5.41) is 6.73. The first-order chi connectivity index (χ1) is 13.8. The average Bonchev–Trinajstić information content (AvgIpc) is 2.75. The minimum absolute atomic E-state index is 0. The monoisotopic (exact) mass is 423 g/mol. The molecule has 29 heavy (non-hydrogen) atoms. The van der Waals surface area contributed by atoms with Gasteiger partial charge in [0.15, 0.2) is 0 Å². The number of rotatable bonds is 7. The van der Waals surface area contributed by atoms with E-state index in [0.29, 0.717) is 19.7 Å². The van der Waals surface area contributed by atoms with Gasteiger partial charge in [-0.3, -0.25) is 0 Å². The highest BCUT2D eigenvalue weighted by molar-refractivity contribution is 6.31. The summed E-state index contributed by atoms with van der Waals surface area (Å²) in [7, 11) is 0. The highest BCUT2D eigenvalue weighted by Gasteiger charge is 2.10. The van der Waals surface area contributed by atoms with Gasteiger partial charge in [0.1, 0.15) is 12.4 Å². The molecule has 4 aromatic carbocycles. The summed E-state index contributed by atoms with van der Waals surface area (Å²) < 4.78 is 6.19. The highest BCUT2D eigenvalue weighted by Crippen LogP contribution is 2.29. The second-order valence-electron chi connectivity index (χ2n) is 6.73. The number of halogens is 2. The van der Waals surface area contributed by atoms with Crippen LogP contribution in [0.5, 0.6) is 5.75 Å². The van der Waals surface area contributed by atoms with Crippen molar-refractivity contribution in [1.29, 1.82) is 0 Å². The van der Waals surface area contributed by atoms with Crippen molar-refractivity contribution < 1.29 is 4.74 Å². The average molecular weight is 424 g/mol. The van der Waals surface area contributed by atoms with Gasteiger partial charge in [0, 0.05) is 23.7 Å². The third-order valence-electron chi connectivity index (χ3n) is 4.81. The van der Waals surface area contributed by atoms with E-state index in [-0.39, 0.29) is 12.4 Å². The first kappa shape index (κ1) is 21.2. The standard InChI is InChI=1S/C25H22ClNO.ClH/c26-24-13-7-5-11-21(24)16-27-17-23-22-12-6-4-10-20(22)14-15-25(23)28-18-19-8-2-1-3-9-19;/h1-15,27H,16-18H2;1H. The summed E-state index contributed by atoms with van der Waals surface area (Å²) in [5.74, 6) is 0.911. The molecule has 0 aromatic heterocycles. The third kappa shape index (κ3) is 5.30. The largest absolute Gasteiger partial charge is 0.489 e. The summed E-state index contributed by atoms with van der Waals surface area (Å²) in [6.07, 6.45) is 0. The molecule has 4 rings (SSSR count). The molecule has 0 unspecified atom stereocenters. The van der Waals surface area contributed by atoms with Crippen molar-refractivity contribution in [2.24, 2.45) is 0 Å². The van der Waals surface area contributed by atoms with Gasteiger partial charge in [0.25, 0.3) is 0 Å². The molecule has 0 aliphatic carbocycles. The molecule has 0 saturated heterocycles. The zero-order chi connectivity index (χ0) is 19.2. The number of ether oxygens (including phenoxy) is 1. The van der Waals surface area contributed by atoms with Crippen LogP contribution in [0.25, 0.3) is 10.8 Å². The summed E-state index contributed by atoms with van der Waals surface area (Å²) in [4.78, 5) is 0. The number of benzene rings is 4. The van der Waals surface area contributed by atoms with Crippen molar-refractivity contribution in [2.45, 2.75) is 19.7 Å². The van der Waals surface area contributed by atoms with E-state index in [1.54, 1.807) is 0 Å². The molecule has 0 radical (unpaired) electrons. The fourth-order valence-electron chi connectivity index (χ4n) is 3.33. The third-order valence-corrected chi connectivity index (χ3v) is 5.18. The molecular formula is C25H23Cl2NO. The van der Waals surface area contributed by atoms with Gasteiger partial charge in [0.05, 0.1) is 0 Å². The first-order valence-electron chi connectivity index (χ1n) is 9.43. The smallest absolute Gasteiger partial charge is 0.124 e. The Hall–Kier alpha value is -2.52. The van der Waals surface area contributed by atoms with Crippen LogP contribution in [0.3, 0.4) is 0 Å². The lowest BCUT2D eigenvalue weighted by Gasteiger charge is -2.15. The number of hydrogen-bond donors (Lipinski definition) is 1. The molecule has 0 aliphatic heterocycles. The Labute approximate surface area is 182 Å². The molecule has 0 aliphatic rings. The van der Waals surface area contributed by atoms with Gasteiger partial charge in [0.2, 0.25) is 0 Å². The van der Waals surface area contributed by atoms with Crippen molar-refractivity contribution in [3.8, 4) is 5.75 Å². The molecule has 1 N–H and O–H groups in total. The van der Waals surface area contributed by atoms with Crippen LogP contribution in [0, 0.1) is 0 Å². The van der Waals surface area contributed by atoms with Gasteiger partial charge >= 0.3 is 0 Å². The van der Waals surface area contributed by atoms with E-state index < -0.39 is 0 Å². The van der Waals surface area contributed by atoms with Crippen LogP contribution < -0.4 is 10.1 Å². The number of nitrogens with one attached hydrogen (secondary N) is 1. The fraction of sp³-hybridized carbons (Fsp3) is 0.120. The van der Waals surface area contributed by atoms with E-state index in [0.717, 1.165) is 21.9 Å². The maximum absolute atomic E-state index is 6.29. The Morgan fingerprint density at radius 1 is 0.724 bits per heavy atom. The van der Waals surface area contributed by atoms with Crippen LogP contribution in [-0.2, 0) is 19.7 Å². The predicted octanol–water partition coefficient (Wildman–Crippen LogP) is 6.78. The molecule has 0 amide bonds. The molecule has 4 heteroatoms. The summed E-state index contributed by atoms with van der Waals surface area (Å²) in [6.45, 7) is 1.97. The molecule has 0 saturated carbocycles. The van der Waals surface area contributed by atoms with E-state index >= 15 is 0 Å². The Morgan fingerprint density at radius 2 is 1.45 bits per heavy atom. The minimum Gasteiger partial charge on any atom is -0.489 e. The maximum atomic E-state index is 6.29.